The molecule has 0 aromatic rings. The van der Waals surface area contributed by atoms with Gasteiger partial charge in [-0.2, -0.15) is 0 Å². The molecule has 0 bridgehead atoms. The molecule has 4 aliphatic rings. The minimum Gasteiger partial charge on any atom is -0.370 e. The van der Waals surface area contributed by atoms with E-state index in [2.05, 4.69) is 17.1 Å². The highest BCUT2D eigenvalue weighted by Gasteiger charge is 2.46. The molecule has 3 nitrogen and oxygen atoms in total. The molecule has 4 unspecified atom stereocenters. The number of fused-ring (bicyclic) bond motifs is 1. The van der Waals surface area contributed by atoms with Crippen LogP contribution in [0.25, 0.3) is 0 Å². The molecule has 4 fully saturated rings. The fraction of sp³-hybridized carbons (Fsp3) is 1.00. The van der Waals surface area contributed by atoms with Crippen LogP contribution in [0.5, 0.6) is 0 Å². The predicted octanol–water partition coefficient (Wildman–Crippen LogP) is 2.41. The Morgan fingerprint density at radius 1 is 1.20 bits per heavy atom. The van der Waals surface area contributed by atoms with Crippen LogP contribution in [0.4, 0.5) is 0 Å². The Labute approximate surface area is 123 Å². The van der Waals surface area contributed by atoms with Crippen molar-refractivity contribution < 1.29 is 4.74 Å². The summed E-state index contributed by atoms with van der Waals surface area (Å²) in [5, 5.41) is 3.58. The number of likely N-dealkylation sites (tertiary alicyclic amines) is 1. The zero-order valence-electron chi connectivity index (χ0n) is 12.9. The summed E-state index contributed by atoms with van der Waals surface area (Å²) >= 11 is 0. The first-order valence-electron chi connectivity index (χ1n) is 8.92. The first-order valence-corrected chi connectivity index (χ1v) is 8.92. The summed E-state index contributed by atoms with van der Waals surface area (Å²) in [6.45, 7) is 7.37. The Morgan fingerprint density at radius 2 is 2.05 bits per heavy atom. The number of hydrogen-bond donors (Lipinski definition) is 1. The van der Waals surface area contributed by atoms with E-state index in [1.807, 2.05) is 0 Å². The van der Waals surface area contributed by atoms with Crippen molar-refractivity contribution in [1.29, 1.82) is 0 Å². The lowest BCUT2D eigenvalue weighted by atomic mass is 9.93. The lowest BCUT2D eigenvalue weighted by Gasteiger charge is -2.30. The highest BCUT2D eigenvalue weighted by atomic mass is 16.5. The molecule has 1 saturated carbocycles. The largest absolute Gasteiger partial charge is 0.370 e. The van der Waals surface area contributed by atoms with Gasteiger partial charge in [0.05, 0.1) is 11.7 Å². The Morgan fingerprint density at radius 3 is 2.85 bits per heavy atom. The third-order valence-corrected chi connectivity index (χ3v) is 6.53. The van der Waals surface area contributed by atoms with Gasteiger partial charge >= 0.3 is 0 Å². The molecule has 0 radical (unpaired) electrons. The topological polar surface area (TPSA) is 24.5 Å². The average molecular weight is 278 g/mol. The summed E-state index contributed by atoms with van der Waals surface area (Å²) in [7, 11) is 0. The molecule has 114 valence electrons. The summed E-state index contributed by atoms with van der Waals surface area (Å²) in [6.07, 6.45) is 9.91. The van der Waals surface area contributed by atoms with Crippen LogP contribution < -0.4 is 5.32 Å². The third-order valence-electron chi connectivity index (χ3n) is 6.53. The molecule has 1 aliphatic carbocycles. The van der Waals surface area contributed by atoms with E-state index in [1.54, 1.807) is 0 Å². The second kappa shape index (κ2) is 5.26. The first kappa shape index (κ1) is 13.5. The van der Waals surface area contributed by atoms with Gasteiger partial charge in [-0.1, -0.05) is 19.8 Å². The molecule has 4 rings (SSSR count). The molecule has 3 heteroatoms. The zero-order valence-corrected chi connectivity index (χ0v) is 12.9. The summed E-state index contributed by atoms with van der Waals surface area (Å²) in [5.74, 6) is 1.81. The van der Waals surface area contributed by atoms with Crippen molar-refractivity contribution in [2.75, 3.05) is 26.2 Å². The van der Waals surface area contributed by atoms with Crippen molar-refractivity contribution in [2.45, 2.75) is 69.6 Å². The minimum absolute atomic E-state index is 0.309. The number of nitrogens with one attached hydrogen (secondary N) is 1. The standard InChI is InChI=1S/C17H30N2O/c1-2-16-15-10-18-9-13(15)11-19(16)12-14-5-8-17(20-14)6-3-4-7-17/h13-16,18H,2-12H2,1H3. The first-order chi connectivity index (χ1) is 9.80. The van der Waals surface area contributed by atoms with Crippen LogP contribution in [0.3, 0.4) is 0 Å². The maximum Gasteiger partial charge on any atom is 0.0710 e. The Kier molecular flexibility index (Phi) is 3.56. The molecule has 20 heavy (non-hydrogen) atoms. The highest BCUT2D eigenvalue weighted by Crippen LogP contribution is 2.44. The summed E-state index contributed by atoms with van der Waals surface area (Å²) in [4.78, 5) is 2.77. The van der Waals surface area contributed by atoms with E-state index in [4.69, 9.17) is 4.74 Å². The molecular weight excluding hydrogens is 248 g/mol. The molecule has 0 aromatic carbocycles. The van der Waals surface area contributed by atoms with Crippen LogP contribution in [0, 0.1) is 11.8 Å². The van der Waals surface area contributed by atoms with Crippen molar-refractivity contribution >= 4 is 0 Å². The van der Waals surface area contributed by atoms with Crippen LogP contribution in [-0.2, 0) is 4.74 Å². The Balaban J connectivity index is 1.37. The molecular formula is C17H30N2O. The van der Waals surface area contributed by atoms with Crippen molar-refractivity contribution in [1.82, 2.24) is 10.2 Å². The predicted molar refractivity (Wildman–Crippen MR) is 80.8 cm³/mol. The second-order valence-corrected chi connectivity index (χ2v) is 7.68. The second-order valence-electron chi connectivity index (χ2n) is 7.68. The maximum absolute atomic E-state index is 6.53. The van der Waals surface area contributed by atoms with E-state index in [0.717, 1.165) is 17.9 Å². The number of rotatable bonds is 3. The summed E-state index contributed by atoms with van der Waals surface area (Å²) < 4.78 is 6.53. The fourth-order valence-corrected chi connectivity index (χ4v) is 5.55. The molecule has 1 N–H and O–H groups in total. The number of hydrogen-bond acceptors (Lipinski definition) is 3. The van der Waals surface area contributed by atoms with E-state index < -0.39 is 0 Å². The van der Waals surface area contributed by atoms with Gasteiger partial charge in [0.15, 0.2) is 0 Å². The van der Waals surface area contributed by atoms with E-state index in [0.29, 0.717) is 11.7 Å². The molecule has 0 aromatic heterocycles. The summed E-state index contributed by atoms with van der Waals surface area (Å²) in [5.41, 5.74) is 0.309. The van der Waals surface area contributed by atoms with Gasteiger partial charge in [0.2, 0.25) is 0 Å². The van der Waals surface area contributed by atoms with E-state index in [-0.39, 0.29) is 0 Å². The van der Waals surface area contributed by atoms with Gasteiger partial charge in [-0.25, -0.2) is 0 Å². The molecule has 3 saturated heterocycles. The van der Waals surface area contributed by atoms with Crippen LogP contribution in [0.2, 0.25) is 0 Å². The molecule has 3 heterocycles. The normalized spacial score (nSPS) is 43.6. The number of ether oxygens (including phenoxy) is 1. The molecule has 4 atom stereocenters. The number of nitrogens with zero attached hydrogens (tertiary/aromatic N) is 1. The lowest BCUT2D eigenvalue weighted by Crippen LogP contribution is -2.40. The summed E-state index contributed by atoms with van der Waals surface area (Å²) in [6, 6.07) is 0.804. The van der Waals surface area contributed by atoms with Crippen molar-refractivity contribution in [2.24, 2.45) is 11.8 Å². The van der Waals surface area contributed by atoms with Crippen molar-refractivity contribution in [3.05, 3.63) is 0 Å². The average Bonchev–Trinajstić information content (AvgIpc) is 3.17. The van der Waals surface area contributed by atoms with Gasteiger partial charge in [-0.05, 0) is 57.0 Å². The monoisotopic (exact) mass is 278 g/mol. The fourth-order valence-electron chi connectivity index (χ4n) is 5.55. The van der Waals surface area contributed by atoms with E-state index >= 15 is 0 Å². The van der Waals surface area contributed by atoms with Gasteiger partial charge in [-0.15, -0.1) is 0 Å². The van der Waals surface area contributed by atoms with E-state index in [1.165, 1.54) is 71.1 Å². The maximum atomic E-state index is 6.53. The molecule has 0 amide bonds. The van der Waals surface area contributed by atoms with Crippen LogP contribution >= 0.6 is 0 Å². The van der Waals surface area contributed by atoms with Crippen molar-refractivity contribution in [3.63, 3.8) is 0 Å². The molecule has 3 aliphatic heterocycles. The van der Waals surface area contributed by atoms with Gasteiger partial charge in [0, 0.05) is 19.1 Å². The lowest BCUT2D eigenvalue weighted by molar-refractivity contribution is -0.0494. The van der Waals surface area contributed by atoms with Crippen molar-refractivity contribution in [3.8, 4) is 0 Å². The Hall–Kier alpha value is -0.120. The Bertz CT molecular complexity index is 353. The minimum atomic E-state index is 0.309. The van der Waals surface area contributed by atoms with Crippen LogP contribution in [0.15, 0.2) is 0 Å². The zero-order chi connectivity index (χ0) is 13.6. The van der Waals surface area contributed by atoms with Gasteiger partial charge < -0.3 is 10.1 Å². The quantitative estimate of drug-likeness (QED) is 0.858. The van der Waals surface area contributed by atoms with Crippen LogP contribution in [0.1, 0.15) is 51.9 Å². The SMILES string of the molecule is CCC1C2CNCC2CN1CC1CCC2(CCCC2)O1. The third kappa shape index (κ3) is 2.22. The van der Waals surface area contributed by atoms with Crippen LogP contribution in [-0.4, -0.2) is 48.8 Å². The van der Waals surface area contributed by atoms with Gasteiger partial charge in [0.25, 0.3) is 0 Å². The van der Waals surface area contributed by atoms with E-state index in [9.17, 15) is 0 Å². The smallest absolute Gasteiger partial charge is 0.0710 e. The highest BCUT2D eigenvalue weighted by molar-refractivity contribution is 5.00. The van der Waals surface area contributed by atoms with Gasteiger partial charge in [0.1, 0.15) is 0 Å². The van der Waals surface area contributed by atoms with Gasteiger partial charge in [-0.3, -0.25) is 4.90 Å². The molecule has 1 spiro atoms.